The molecule has 0 aliphatic carbocycles. The molecular formula is C27H35FN4O5S. The third-order valence-corrected chi connectivity index (χ3v) is 7.40. The van der Waals surface area contributed by atoms with Crippen molar-refractivity contribution >= 4 is 26.9 Å². The van der Waals surface area contributed by atoms with Gasteiger partial charge in [-0.15, -0.1) is 0 Å². The molecule has 11 heteroatoms. The van der Waals surface area contributed by atoms with Crippen LogP contribution in [0.25, 0.3) is 10.8 Å². The summed E-state index contributed by atoms with van der Waals surface area (Å²) in [5, 5.41) is 12.4. The molecule has 2 aliphatic heterocycles. The Balaban J connectivity index is 0.000000617. The van der Waals surface area contributed by atoms with Gasteiger partial charge in [0.15, 0.2) is 0 Å². The number of hydrogen-bond donors (Lipinski definition) is 4. The van der Waals surface area contributed by atoms with E-state index >= 15 is 0 Å². The molecule has 9 nitrogen and oxygen atoms in total. The Kier molecular flexibility index (Phi) is 8.68. The predicted octanol–water partition coefficient (Wildman–Crippen LogP) is 3.03. The van der Waals surface area contributed by atoms with E-state index in [1.165, 1.54) is 34.0 Å². The first-order valence-electron chi connectivity index (χ1n) is 12.5. The van der Waals surface area contributed by atoms with Crippen molar-refractivity contribution in [3.05, 3.63) is 77.6 Å². The monoisotopic (exact) mass is 546 g/mol. The van der Waals surface area contributed by atoms with Gasteiger partial charge in [0.25, 0.3) is 0 Å². The van der Waals surface area contributed by atoms with Gasteiger partial charge in [-0.2, -0.15) is 8.42 Å². The average molecular weight is 547 g/mol. The largest absolute Gasteiger partial charge is 0.394 e. The van der Waals surface area contributed by atoms with Gasteiger partial charge in [-0.05, 0) is 65.9 Å². The highest BCUT2D eigenvalue weighted by Crippen LogP contribution is 2.39. The van der Waals surface area contributed by atoms with Gasteiger partial charge in [0.1, 0.15) is 12.0 Å². The van der Waals surface area contributed by atoms with Gasteiger partial charge in [-0.3, -0.25) is 18.9 Å². The number of fused-ring (bicyclic) bond motifs is 1. The van der Waals surface area contributed by atoms with Crippen LogP contribution < -0.4 is 10.6 Å². The molecule has 0 saturated carbocycles. The number of nitrogens with zero attached hydrogens (tertiary/aromatic N) is 3. The molecule has 0 unspecified atom stereocenters. The number of piperidine rings is 1. The molecule has 3 aromatic carbocycles. The van der Waals surface area contributed by atoms with Crippen LogP contribution in [-0.4, -0.2) is 77.0 Å². The van der Waals surface area contributed by atoms with Crippen molar-refractivity contribution < 1.29 is 27.0 Å². The molecule has 2 aliphatic rings. The van der Waals surface area contributed by atoms with Crippen molar-refractivity contribution in [3.63, 3.8) is 0 Å². The lowest BCUT2D eigenvalue weighted by atomic mass is 9.86. The molecule has 0 bridgehead atoms. The number of halogens is 1. The van der Waals surface area contributed by atoms with Crippen LogP contribution in [0.15, 0.2) is 60.7 Å². The summed E-state index contributed by atoms with van der Waals surface area (Å²) in [6.45, 7) is 7.13. The molecular weight excluding hydrogens is 511 g/mol. The molecule has 2 fully saturated rings. The van der Waals surface area contributed by atoms with Crippen molar-refractivity contribution in [2.75, 3.05) is 37.7 Å². The van der Waals surface area contributed by atoms with Gasteiger partial charge >= 0.3 is 10.4 Å². The Morgan fingerprint density at radius 3 is 2.21 bits per heavy atom. The minimum Gasteiger partial charge on any atom is -0.377 e. The third-order valence-electron chi connectivity index (χ3n) is 7.40. The first-order valence-corrected chi connectivity index (χ1v) is 13.9. The van der Waals surface area contributed by atoms with E-state index in [1.54, 1.807) is 0 Å². The first kappa shape index (κ1) is 28.4. The second-order valence-electron chi connectivity index (χ2n) is 10.2. The zero-order valence-corrected chi connectivity index (χ0v) is 22.2. The lowest BCUT2D eigenvalue weighted by Gasteiger charge is -2.45. The number of aliphatic hydroxyl groups is 1. The molecule has 5 N–H and O–H groups in total. The van der Waals surface area contributed by atoms with E-state index in [0.717, 1.165) is 44.7 Å². The van der Waals surface area contributed by atoms with Crippen molar-refractivity contribution in [1.82, 2.24) is 9.80 Å². The Morgan fingerprint density at radius 2 is 1.61 bits per heavy atom. The van der Waals surface area contributed by atoms with E-state index in [1.807, 2.05) is 12.1 Å². The van der Waals surface area contributed by atoms with Crippen molar-refractivity contribution in [2.45, 2.75) is 38.1 Å². The Labute approximate surface area is 222 Å². The summed E-state index contributed by atoms with van der Waals surface area (Å²) < 4.78 is 45.2. The molecule has 0 amide bonds. The maximum Gasteiger partial charge on any atom is 0.394 e. The maximum atomic E-state index is 13.6. The van der Waals surface area contributed by atoms with Gasteiger partial charge < -0.3 is 15.7 Å². The standard InChI is InChI=1S/C27H33FN4O.H2O4S/c1-20-4-2-5-21-6-3-7-22(26(20)21)16-30-14-12-27(13-15-30)18-31(17-25(29)33)19-32(27)24-10-8-23(28)9-11-24;1-5(2,3)4/h2-11,25,33H,12-19,29H2,1H3;(H2,1,2,3,4)/t25-;/m0./s1. The zero-order valence-electron chi connectivity index (χ0n) is 21.4. The van der Waals surface area contributed by atoms with Crippen LogP contribution in [0.1, 0.15) is 24.0 Å². The van der Waals surface area contributed by atoms with Gasteiger partial charge in [-0.1, -0.05) is 36.4 Å². The Hall–Kier alpha value is -2.64. The van der Waals surface area contributed by atoms with Crippen LogP contribution in [0.2, 0.25) is 0 Å². The summed E-state index contributed by atoms with van der Waals surface area (Å²) in [4.78, 5) is 7.17. The fourth-order valence-electron chi connectivity index (χ4n) is 5.81. The summed E-state index contributed by atoms with van der Waals surface area (Å²) >= 11 is 0. The fourth-order valence-corrected chi connectivity index (χ4v) is 5.81. The normalized spacial score (nSPS) is 18.9. The van der Waals surface area contributed by atoms with Crippen LogP contribution in [0.5, 0.6) is 0 Å². The molecule has 1 spiro atoms. The Bertz CT molecular complexity index is 1330. The first-order chi connectivity index (χ1) is 17.9. The number of nitrogens with two attached hydrogens (primary N) is 1. The molecule has 2 saturated heterocycles. The highest BCUT2D eigenvalue weighted by molar-refractivity contribution is 7.79. The quantitative estimate of drug-likeness (QED) is 0.282. The van der Waals surface area contributed by atoms with E-state index in [4.69, 9.17) is 23.3 Å². The van der Waals surface area contributed by atoms with E-state index in [-0.39, 0.29) is 11.4 Å². The van der Waals surface area contributed by atoms with E-state index in [0.29, 0.717) is 13.2 Å². The van der Waals surface area contributed by atoms with Crippen molar-refractivity contribution in [2.24, 2.45) is 5.73 Å². The fraction of sp³-hybridized carbons (Fsp3) is 0.407. The third kappa shape index (κ3) is 7.06. The maximum absolute atomic E-state index is 13.6. The lowest BCUT2D eigenvalue weighted by Crippen LogP contribution is -2.54. The van der Waals surface area contributed by atoms with Crippen LogP contribution in [0.4, 0.5) is 10.1 Å². The minimum absolute atomic E-state index is 0.0299. The summed E-state index contributed by atoms with van der Waals surface area (Å²) in [5.74, 6) is -0.221. The number of likely N-dealkylation sites (tertiary alicyclic amines) is 1. The number of rotatable bonds is 5. The van der Waals surface area contributed by atoms with Gasteiger partial charge in [-0.25, -0.2) is 4.39 Å². The second-order valence-corrected chi connectivity index (χ2v) is 11.1. The number of anilines is 1. The summed E-state index contributed by atoms with van der Waals surface area (Å²) in [6, 6.07) is 19.9. The van der Waals surface area contributed by atoms with Crippen molar-refractivity contribution in [3.8, 4) is 0 Å². The highest BCUT2D eigenvalue weighted by atomic mass is 32.3. The molecule has 38 heavy (non-hydrogen) atoms. The average Bonchev–Trinajstić information content (AvgIpc) is 3.17. The van der Waals surface area contributed by atoms with Crippen molar-refractivity contribution in [1.29, 1.82) is 0 Å². The van der Waals surface area contributed by atoms with E-state index in [9.17, 15) is 9.50 Å². The predicted molar refractivity (Wildman–Crippen MR) is 146 cm³/mol. The summed E-state index contributed by atoms with van der Waals surface area (Å²) in [7, 11) is -4.67. The molecule has 0 radical (unpaired) electrons. The van der Waals surface area contributed by atoms with E-state index < -0.39 is 16.6 Å². The summed E-state index contributed by atoms with van der Waals surface area (Å²) in [5.41, 5.74) is 9.41. The topological polar surface area (TPSA) is 131 Å². The smallest absolute Gasteiger partial charge is 0.377 e. The molecule has 2 heterocycles. The van der Waals surface area contributed by atoms with Crippen LogP contribution in [0, 0.1) is 12.7 Å². The molecule has 206 valence electrons. The second kappa shape index (κ2) is 11.6. The Morgan fingerprint density at radius 1 is 1.00 bits per heavy atom. The SMILES string of the molecule is Cc1cccc2cccc(CN3CCC4(CC3)CN(C[C@@H](N)O)CN4c3ccc(F)cc3)c12.O=S(=O)(O)O. The van der Waals surface area contributed by atoms with Gasteiger partial charge in [0.05, 0.1) is 12.2 Å². The lowest BCUT2D eigenvalue weighted by molar-refractivity contribution is 0.116. The van der Waals surface area contributed by atoms with Gasteiger partial charge in [0, 0.05) is 38.4 Å². The van der Waals surface area contributed by atoms with Crippen LogP contribution in [-0.2, 0) is 16.9 Å². The van der Waals surface area contributed by atoms with Crippen LogP contribution >= 0.6 is 0 Å². The molecule has 3 aromatic rings. The molecule has 1 atom stereocenters. The highest BCUT2D eigenvalue weighted by Gasteiger charge is 2.46. The number of β-amino-alcohol motifs (C(OH)–C–C–N with tert-alkyl or cyclic N) is 1. The minimum atomic E-state index is -4.67. The molecule has 5 rings (SSSR count). The number of hydrogen-bond acceptors (Lipinski definition) is 7. The van der Waals surface area contributed by atoms with Gasteiger partial charge in [0.2, 0.25) is 0 Å². The molecule has 0 aromatic heterocycles. The number of benzene rings is 3. The van der Waals surface area contributed by atoms with Crippen LogP contribution in [0.3, 0.4) is 0 Å². The van der Waals surface area contributed by atoms with E-state index in [2.05, 4.69) is 58.0 Å². The zero-order chi connectivity index (χ0) is 27.5. The number of aryl methyl sites for hydroxylation is 1. The summed E-state index contributed by atoms with van der Waals surface area (Å²) in [6.07, 6.45) is 1.18. The number of aliphatic hydroxyl groups excluding tert-OH is 1.